The van der Waals surface area contributed by atoms with E-state index in [1.165, 1.54) is 0 Å². The standard InChI is InChI=1S/C56H34N4/c57-35-45-25-30-53(59-54-33-43(39-17-9-3-10-18-39)21-26-46(54)47-27-22-44(34-55(47)59)40-19-11-4-12-20-40)50(36-58)56(45)60-51-28-23-41(37-13-5-1-6-14-37)31-48(51)49-32-42(24-29-52(49)60)38-15-7-2-8-16-38/h1-34H. The van der Waals surface area contributed by atoms with Gasteiger partial charge in [0.25, 0.3) is 0 Å². The second kappa shape index (κ2) is 14.2. The molecule has 2 aromatic heterocycles. The average Bonchev–Trinajstić information content (AvgIpc) is 3.83. The van der Waals surface area contributed by atoms with Crippen LogP contribution in [0.2, 0.25) is 0 Å². The molecule has 0 amide bonds. The molecule has 4 heteroatoms. The van der Waals surface area contributed by atoms with E-state index in [1.807, 2.05) is 36.4 Å². The maximum Gasteiger partial charge on any atom is 0.104 e. The van der Waals surface area contributed by atoms with Crippen molar-refractivity contribution in [3.8, 4) is 68.0 Å². The summed E-state index contributed by atoms with van der Waals surface area (Å²) in [6, 6.07) is 76.7. The Hall–Kier alpha value is -8.44. The SMILES string of the molecule is N#Cc1ccc(-n2c3cc(-c4ccccc4)ccc3c3ccc(-c4ccccc4)cc32)c(C#N)c1-n1c2ccc(-c3ccccc3)cc2c2cc(-c3ccccc3)ccc21. The largest absolute Gasteiger partial charge is 0.308 e. The van der Waals surface area contributed by atoms with Crippen LogP contribution in [0.1, 0.15) is 11.1 Å². The minimum Gasteiger partial charge on any atom is -0.308 e. The summed E-state index contributed by atoms with van der Waals surface area (Å²) >= 11 is 0. The summed E-state index contributed by atoms with van der Waals surface area (Å²) in [6.07, 6.45) is 0. The Bertz CT molecular complexity index is 3340. The predicted molar refractivity (Wildman–Crippen MR) is 246 cm³/mol. The average molecular weight is 763 g/mol. The zero-order valence-electron chi connectivity index (χ0n) is 32.4. The van der Waals surface area contributed by atoms with Crippen molar-refractivity contribution < 1.29 is 0 Å². The summed E-state index contributed by atoms with van der Waals surface area (Å²) in [5.41, 5.74) is 14.7. The number of benzene rings is 9. The maximum absolute atomic E-state index is 11.5. The van der Waals surface area contributed by atoms with Crippen molar-refractivity contribution in [2.24, 2.45) is 0 Å². The second-order valence-corrected chi connectivity index (χ2v) is 15.1. The van der Waals surface area contributed by atoms with Crippen LogP contribution in [0.3, 0.4) is 0 Å². The summed E-state index contributed by atoms with van der Waals surface area (Å²) < 4.78 is 4.36. The minimum atomic E-state index is 0.418. The van der Waals surface area contributed by atoms with Gasteiger partial charge in [-0.2, -0.15) is 10.5 Å². The summed E-state index contributed by atoms with van der Waals surface area (Å²) in [5.74, 6) is 0. The molecule has 0 saturated heterocycles. The Morgan fingerprint density at radius 2 is 0.700 bits per heavy atom. The van der Waals surface area contributed by atoms with E-state index in [2.05, 4.69) is 191 Å². The lowest BCUT2D eigenvalue weighted by Crippen LogP contribution is -2.06. The third kappa shape index (κ3) is 5.59. The lowest BCUT2D eigenvalue weighted by atomic mass is 10.0. The topological polar surface area (TPSA) is 57.4 Å². The van der Waals surface area contributed by atoms with E-state index in [4.69, 9.17) is 0 Å². The molecule has 0 fully saturated rings. The summed E-state index contributed by atoms with van der Waals surface area (Å²) in [5, 5.41) is 26.6. The quantitative estimate of drug-likeness (QED) is 0.169. The van der Waals surface area contributed by atoms with Crippen molar-refractivity contribution in [3.63, 3.8) is 0 Å². The van der Waals surface area contributed by atoms with E-state index in [1.54, 1.807) is 0 Å². The van der Waals surface area contributed by atoms with Crippen LogP contribution in [0.4, 0.5) is 0 Å². The van der Waals surface area contributed by atoms with Gasteiger partial charge in [-0.15, -0.1) is 0 Å². The van der Waals surface area contributed by atoms with Crippen molar-refractivity contribution in [1.29, 1.82) is 10.5 Å². The Labute approximate surface area is 347 Å². The summed E-state index contributed by atoms with van der Waals surface area (Å²) in [6.45, 7) is 0. The first-order valence-electron chi connectivity index (χ1n) is 20.0. The molecule has 11 aromatic rings. The Kier molecular flexibility index (Phi) is 8.22. The van der Waals surface area contributed by atoms with Crippen LogP contribution in [0.15, 0.2) is 206 Å². The first-order valence-corrected chi connectivity index (χ1v) is 20.0. The molecule has 0 radical (unpaired) electrons. The molecular weight excluding hydrogens is 729 g/mol. The third-order valence-corrected chi connectivity index (χ3v) is 11.8. The first kappa shape index (κ1) is 34.8. The molecule has 0 aliphatic rings. The fourth-order valence-corrected chi connectivity index (χ4v) is 8.98. The van der Waals surface area contributed by atoms with Crippen LogP contribution in [-0.4, -0.2) is 9.13 Å². The number of nitrogens with zero attached hydrogens (tertiary/aromatic N) is 4. The van der Waals surface area contributed by atoms with Crippen LogP contribution in [-0.2, 0) is 0 Å². The second-order valence-electron chi connectivity index (χ2n) is 15.1. The van der Waals surface area contributed by atoms with Gasteiger partial charge in [-0.3, -0.25) is 0 Å². The molecule has 11 rings (SSSR count). The minimum absolute atomic E-state index is 0.418. The monoisotopic (exact) mass is 762 g/mol. The van der Waals surface area contributed by atoms with Gasteiger partial charge >= 0.3 is 0 Å². The van der Waals surface area contributed by atoms with Crippen molar-refractivity contribution in [2.75, 3.05) is 0 Å². The predicted octanol–water partition coefficient (Wildman–Crippen LogP) is 14.3. The van der Waals surface area contributed by atoms with E-state index in [-0.39, 0.29) is 0 Å². The fourth-order valence-electron chi connectivity index (χ4n) is 8.98. The van der Waals surface area contributed by atoms with Gasteiger partial charge in [-0.05, 0) is 93.0 Å². The van der Waals surface area contributed by atoms with E-state index >= 15 is 0 Å². The van der Waals surface area contributed by atoms with Gasteiger partial charge in [0.1, 0.15) is 17.7 Å². The van der Waals surface area contributed by atoms with Crippen LogP contribution in [0, 0.1) is 22.7 Å². The Morgan fingerprint density at radius 3 is 1.10 bits per heavy atom. The van der Waals surface area contributed by atoms with Gasteiger partial charge in [0.2, 0.25) is 0 Å². The van der Waals surface area contributed by atoms with Crippen LogP contribution in [0.5, 0.6) is 0 Å². The molecule has 0 aliphatic carbocycles. The van der Waals surface area contributed by atoms with E-state index in [0.29, 0.717) is 22.5 Å². The molecule has 0 atom stereocenters. The molecule has 0 N–H and O–H groups in total. The molecule has 0 aliphatic heterocycles. The van der Waals surface area contributed by atoms with E-state index < -0.39 is 0 Å². The van der Waals surface area contributed by atoms with Crippen LogP contribution >= 0.6 is 0 Å². The molecule has 0 bridgehead atoms. The molecule has 278 valence electrons. The normalized spacial score (nSPS) is 11.3. The van der Waals surface area contributed by atoms with Gasteiger partial charge in [0.15, 0.2) is 0 Å². The highest BCUT2D eigenvalue weighted by atomic mass is 15.0. The number of hydrogen-bond acceptors (Lipinski definition) is 2. The number of aromatic nitrogens is 2. The zero-order valence-corrected chi connectivity index (χ0v) is 32.4. The van der Waals surface area contributed by atoms with Crippen molar-refractivity contribution in [2.45, 2.75) is 0 Å². The number of hydrogen-bond donors (Lipinski definition) is 0. The van der Waals surface area contributed by atoms with Crippen molar-refractivity contribution >= 4 is 43.6 Å². The molecule has 2 heterocycles. The van der Waals surface area contributed by atoms with Gasteiger partial charge in [-0.1, -0.05) is 158 Å². The lowest BCUT2D eigenvalue weighted by molar-refractivity contribution is 1.11. The molecule has 60 heavy (non-hydrogen) atoms. The molecular formula is C56H34N4. The highest BCUT2D eigenvalue weighted by Gasteiger charge is 2.24. The molecule has 9 aromatic carbocycles. The molecule has 0 spiro atoms. The summed E-state index contributed by atoms with van der Waals surface area (Å²) in [4.78, 5) is 0. The molecule has 0 unspecified atom stereocenters. The zero-order chi connectivity index (χ0) is 40.2. The third-order valence-electron chi connectivity index (χ3n) is 11.8. The van der Waals surface area contributed by atoms with Crippen molar-refractivity contribution in [3.05, 3.63) is 217 Å². The van der Waals surface area contributed by atoms with E-state index in [9.17, 15) is 10.5 Å². The van der Waals surface area contributed by atoms with Gasteiger partial charge in [0.05, 0.1) is 39.0 Å². The van der Waals surface area contributed by atoms with Crippen LogP contribution in [0.25, 0.3) is 99.5 Å². The lowest BCUT2D eigenvalue weighted by Gasteiger charge is -2.18. The number of fused-ring (bicyclic) bond motifs is 6. The number of nitriles is 2. The molecule has 4 nitrogen and oxygen atoms in total. The highest BCUT2D eigenvalue weighted by Crippen LogP contribution is 2.42. The number of rotatable bonds is 6. The first-order chi connectivity index (χ1) is 29.7. The fraction of sp³-hybridized carbons (Fsp3) is 0. The Morgan fingerprint density at radius 1 is 0.300 bits per heavy atom. The van der Waals surface area contributed by atoms with Crippen LogP contribution < -0.4 is 0 Å². The van der Waals surface area contributed by atoms with Crippen molar-refractivity contribution in [1.82, 2.24) is 9.13 Å². The van der Waals surface area contributed by atoms with Gasteiger partial charge < -0.3 is 9.13 Å². The highest BCUT2D eigenvalue weighted by molar-refractivity contribution is 6.13. The van der Waals surface area contributed by atoms with E-state index in [0.717, 1.165) is 88.1 Å². The maximum atomic E-state index is 11.5. The van der Waals surface area contributed by atoms with Gasteiger partial charge in [-0.25, -0.2) is 0 Å². The Balaban J connectivity index is 1.23. The summed E-state index contributed by atoms with van der Waals surface area (Å²) in [7, 11) is 0. The molecule has 0 saturated carbocycles. The van der Waals surface area contributed by atoms with Gasteiger partial charge in [0, 0.05) is 21.5 Å². The smallest absolute Gasteiger partial charge is 0.104 e.